The van der Waals surface area contributed by atoms with Gasteiger partial charge < -0.3 is 14.6 Å². The largest absolute Gasteiger partial charge is 0.507 e. The lowest BCUT2D eigenvalue weighted by Crippen LogP contribution is -2.41. The minimum Gasteiger partial charge on any atom is -0.507 e. The molecule has 2 heterocycles. The summed E-state index contributed by atoms with van der Waals surface area (Å²) in [6.45, 7) is 2.78. The van der Waals surface area contributed by atoms with Crippen LogP contribution < -0.4 is 0 Å². The predicted octanol–water partition coefficient (Wildman–Crippen LogP) is 3.90. The molecule has 1 atom stereocenters. The van der Waals surface area contributed by atoms with Gasteiger partial charge in [0.05, 0.1) is 6.61 Å². The molecule has 4 nitrogen and oxygen atoms in total. The highest BCUT2D eigenvalue weighted by Gasteiger charge is 2.50. The lowest BCUT2D eigenvalue weighted by atomic mass is 9.92. The highest BCUT2D eigenvalue weighted by atomic mass is 79.9. The Hall–Kier alpha value is -0.850. The summed E-state index contributed by atoms with van der Waals surface area (Å²) in [5.74, 6) is -0.541. The van der Waals surface area contributed by atoms with E-state index in [9.17, 15) is 9.90 Å². The number of aryl methyl sites for hydroxylation is 1. The van der Waals surface area contributed by atoms with Gasteiger partial charge in [0.15, 0.2) is 11.4 Å². The zero-order valence-corrected chi connectivity index (χ0v) is 14.6. The van der Waals surface area contributed by atoms with E-state index >= 15 is 0 Å². The predicted molar refractivity (Wildman–Crippen MR) is 85.0 cm³/mol. The van der Waals surface area contributed by atoms with Crippen LogP contribution in [0, 0.1) is 6.92 Å². The fraction of sp³-hybridized carbons (Fsp3) is 0.400. The van der Waals surface area contributed by atoms with Gasteiger partial charge in [-0.05, 0) is 37.5 Å². The minimum absolute atomic E-state index is 0.0301. The molecule has 6 heteroatoms. The zero-order valence-electron chi connectivity index (χ0n) is 11.4. The molecular weight excluding hydrogens is 404 g/mol. The highest BCUT2D eigenvalue weighted by molar-refractivity contribution is 9.11. The van der Waals surface area contributed by atoms with Gasteiger partial charge in [-0.1, -0.05) is 31.9 Å². The standard InChI is InChI=1S/C15H14Br2O4/c1-8-5-9(16)11(10(17)6-8)12-13(18)15(21-14(12)19)3-2-4-20-7-15/h5-6,18H,2-4,7H2,1H3. The molecule has 2 aliphatic rings. The van der Waals surface area contributed by atoms with Crippen molar-refractivity contribution < 1.29 is 19.4 Å². The number of rotatable bonds is 1. The van der Waals surface area contributed by atoms with Crippen molar-refractivity contribution in [2.45, 2.75) is 25.4 Å². The number of benzene rings is 1. The molecule has 112 valence electrons. The molecule has 0 bridgehead atoms. The Morgan fingerprint density at radius 2 is 1.95 bits per heavy atom. The molecule has 1 fully saturated rings. The van der Waals surface area contributed by atoms with E-state index in [1.165, 1.54) is 0 Å². The fourth-order valence-electron chi connectivity index (χ4n) is 2.80. The van der Waals surface area contributed by atoms with Gasteiger partial charge in [0.25, 0.3) is 0 Å². The Morgan fingerprint density at radius 1 is 1.29 bits per heavy atom. The second kappa shape index (κ2) is 5.41. The van der Waals surface area contributed by atoms with Gasteiger partial charge in [0, 0.05) is 21.1 Å². The maximum absolute atomic E-state index is 12.3. The van der Waals surface area contributed by atoms with Gasteiger partial charge in [-0.2, -0.15) is 0 Å². The summed E-state index contributed by atoms with van der Waals surface area (Å²) in [7, 11) is 0. The topological polar surface area (TPSA) is 55.8 Å². The first-order chi connectivity index (χ1) is 9.94. The van der Waals surface area contributed by atoms with Crippen LogP contribution in [0.3, 0.4) is 0 Å². The van der Waals surface area contributed by atoms with E-state index in [1.807, 2.05) is 19.1 Å². The van der Waals surface area contributed by atoms with E-state index < -0.39 is 11.6 Å². The van der Waals surface area contributed by atoms with E-state index in [0.717, 1.165) is 20.9 Å². The lowest BCUT2D eigenvalue weighted by molar-refractivity contribution is -0.158. The van der Waals surface area contributed by atoms with Crippen LogP contribution in [0.5, 0.6) is 0 Å². The Morgan fingerprint density at radius 3 is 2.52 bits per heavy atom. The molecule has 0 aromatic heterocycles. The molecule has 0 saturated carbocycles. The van der Waals surface area contributed by atoms with E-state index in [-0.39, 0.29) is 17.9 Å². The minimum atomic E-state index is -1.02. The van der Waals surface area contributed by atoms with Gasteiger partial charge in [0.1, 0.15) is 5.57 Å². The van der Waals surface area contributed by atoms with Crippen molar-refractivity contribution in [3.63, 3.8) is 0 Å². The van der Waals surface area contributed by atoms with Crippen LogP contribution >= 0.6 is 31.9 Å². The molecule has 21 heavy (non-hydrogen) atoms. The van der Waals surface area contributed by atoms with Crippen molar-refractivity contribution >= 4 is 43.4 Å². The second-order valence-corrected chi connectivity index (χ2v) is 7.08. The Balaban J connectivity index is 2.15. The maximum atomic E-state index is 12.3. The monoisotopic (exact) mass is 416 g/mol. The van der Waals surface area contributed by atoms with Crippen molar-refractivity contribution in [2.24, 2.45) is 0 Å². The summed E-state index contributed by atoms with van der Waals surface area (Å²) in [4.78, 5) is 12.3. The third kappa shape index (κ3) is 2.43. The SMILES string of the molecule is Cc1cc(Br)c(C2=C(O)C3(CCCOC3)OC2=O)c(Br)c1. The summed E-state index contributed by atoms with van der Waals surface area (Å²) in [5.41, 5.74) is 0.846. The van der Waals surface area contributed by atoms with Gasteiger partial charge in [-0.3, -0.25) is 0 Å². The fourth-order valence-corrected chi connectivity index (χ4v) is 4.61. The van der Waals surface area contributed by atoms with Crippen molar-refractivity contribution in [1.82, 2.24) is 0 Å². The Labute approximate surface area is 139 Å². The third-order valence-electron chi connectivity index (χ3n) is 3.80. The van der Waals surface area contributed by atoms with Gasteiger partial charge >= 0.3 is 5.97 Å². The molecule has 1 saturated heterocycles. The average molecular weight is 418 g/mol. The molecule has 1 aromatic rings. The molecule has 1 unspecified atom stereocenters. The van der Waals surface area contributed by atoms with Crippen LogP contribution in [-0.2, 0) is 14.3 Å². The highest BCUT2D eigenvalue weighted by Crippen LogP contribution is 2.45. The van der Waals surface area contributed by atoms with Crippen LogP contribution in [0.15, 0.2) is 26.8 Å². The number of carbonyl (C=O) groups is 1. The van der Waals surface area contributed by atoms with Crippen LogP contribution in [-0.4, -0.2) is 29.9 Å². The number of aliphatic hydroxyl groups is 1. The van der Waals surface area contributed by atoms with Crippen molar-refractivity contribution in [3.8, 4) is 0 Å². The Kier molecular flexibility index (Phi) is 3.88. The lowest BCUT2D eigenvalue weighted by Gasteiger charge is -2.31. The summed E-state index contributed by atoms with van der Waals surface area (Å²) in [6, 6.07) is 3.80. The van der Waals surface area contributed by atoms with E-state index in [0.29, 0.717) is 18.6 Å². The number of ether oxygens (including phenoxy) is 2. The van der Waals surface area contributed by atoms with E-state index in [2.05, 4.69) is 31.9 Å². The smallest absolute Gasteiger partial charge is 0.343 e. The van der Waals surface area contributed by atoms with Crippen molar-refractivity contribution in [3.05, 3.63) is 38.0 Å². The third-order valence-corrected chi connectivity index (χ3v) is 5.05. The maximum Gasteiger partial charge on any atom is 0.343 e. The van der Waals surface area contributed by atoms with Crippen LogP contribution in [0.4, 0.5) is 0 Å². The zero-order chi connectivity index (χ0) is 15.2. The summed E-state index contributed by atoms with van der Waals surface area (Å²) in [6.07, 6.45) is 1.33. The summed E-state index contributed by atoms with van der Waals surface area (Å²) >= 11 is 6.92. The number of hydrogen-bond acceptors (Lipinski definition) is 4. The first kappa shape index (κ1) is 15.1. The number of hydrogen-bond donors (Lipinski definition) is 1. The van der Waals surface area contributed by atoms with Crippen LogP contribution in [0.25, 0.3) is 5.57 Å². The normalized spacial score (nSPS) is 25.6. The Bertz CT molecular complexity index is 622. The molecule has 1 aromatic carbocycles. The van der Waals surface area contributed by atoms with Gasteiger partial charge in [-0.25, -0.2) is 4.79 Å². The summed E-state index contributed by atoms with van der Waals surface area (Å²) < 4.78 is 12.3. The quantitative estimate of drug-likeness (QED) is 0.704. The molecule has 1 spiro atoms. The second-order valence-electron chi connectivity index (χ2n) is 5.37. The van der Waals surface area contributed by atoms with Crippen LogP contribution in [0.1, 0.15) is 24.0 Å². The number of carbonyl (C=O) groups excluding carboxylic acids is 1. The first-order valence-corrected chi connectivity index (χ1v) is 8.24. The number of esters is 1. The molecule has 0 radical (unpaired) electrons. The average Bonchev–Trinajstić information content (AvgIpc) is 2.63. The van der Waals surface area contributed by atoms with E-state index in [4.69, 9.17) is 9.47 Å². The molecular formula is C15H14Br2O4. The van der Waals surface area contributed by atoms with Crippen molar-refractivity contribution in [1.29, 1.82) is 0 Å². The molecule has 0 aliphatic carbocycles. The number of aliphatic hydroxyl groups excluding tert-OH is 1. The molecule has 3 rings (SSSR count). The van der Waals surface area contributed by atoms with Gasteiger partial charge in [-0.15, -0.1) is 0 Å². The van der Waals surface area contributed by atoms with E-state index in [1.54, 1.807) is 0 Å². The van der Waals surface area contributed by atoms with Crippen molar-refractivity contribution in [2.75, 3.05) is 13.2 Å². The van der Waals surface area contributed by atoms with Crippen LogP contribution in [0.2, 0.25) is 0 Å². The number of halogens is 2. The summed E-state index contributed by atoms with van der Waals surface area (Å²) in [5, 5.41) is 10.6. The molecule has 2 aliphatic heterocycles. The molecule has 1 N–H and O–H groups in total. The molecule has 0 amide bonds. The van der Waals surface area contributed by atoms with Gasteiger partial charge in [0.2, 0.25) is 0 Å². The first-order valence-electron chi connectivity index (χ1n) is 6.65.